The van der Waals surface area contributed by atoms with Crippen LogP contribution in [0.25, 0.3) is 0 Å². The summed E-state index contributed by atoms with van der Waals surface area (Å²) >= 11 is 0. The van der Waals surface area contributed by atoms with Crippen LogP contribution in [0.4, 0.5) is 0 Å². The van der Waals surface area contributed by atoms with Crippen molar-refractivity contribution in [3.8, 4) is 11.8 Å². The highest BCUT2D eigenvalue weighted by atomic mass is 16.3. The second-order valence-corrected chi connectivity index (χ2v) is 2.08. The number of aliphatic hydroxyl groups is 1. The van der Waals surface area contributed by atoms with E-state index in [0.29, 0.717) is 0 Å². The molecular weight excluding hydrogens is 112 g/mol. The van der Waals surface area contributed by atoms with Crippen molar-refractivity contribution in [2.75, 3.05) is 0 Å². The molecule has 0 aliphatic carbocycles. The van der Waals surface area contributed by atoms with Gasteiger partial charge in [0.05, 0.1) is 6.10 Å². The zero-order valence-corrected chi connectivity index (χ0v) is 6.02. The van der Waals surface area contributed by atoms with Gasteiger partial charge in [0, 0.05) is 12.8 Å². The molecule has 0 spiro atoms. The molecule has 0 aliphatic heterocycles. The Morgan fingerprint density at radius 3 is 2.33 bits per heavy atom. The van der Waals surface area contributed by atoms with Gasteiger partial charge in [-0.05, 0) is 13.3 Å². The molecular formula is C8H13O. The van der Waals surface area contributed by atoms with Gasteiger partial charge in [-0.3, -0.25) is 0 Å². The van der Waals surface area contributed by atoms with E-state index in [1.54, 1.807) is 6.92 Å². The third-order valence-electron chi connectivity index (χ3n) is 1.31. The zero-order chi connectivity index (χ0) is 7.28. The monoisotopic (exact) mass is 125 g/mol. The van der Waals surface area contributed by atoms with Crippen molar-refractivity contribution in [1.82, 2.24) is 0 Å². The summed E-state index contributed by atoms with van der Waals surface area (Å²) < 4.78 is 0. The summed E-state index contributed by atoms with van der Waals surface area (Å²) in [4.78, 5) is 0. The number of hydrogen-bond donors (Lipinski definition) is 1. The van der Waals surface area contributed by atoms with Crippen LogP contribution in [-0.4, -0.2) is 11.2 Å². The lowest BCUT2D eigenvalue weighted by Gasteiger charge is -2.09. The van der Waals surface area contributed by atoms with Gasteiger partial charge >= 0.3 is 0 Å². The number of rotatable bonds is 2. The van der Waals surface area contributed by atoms with Crippen LogP contribution in [0.15, 0.2) is 0 Å². The summed E-state index contributed by atoms with van der Waals surface area (Å²) in [6.45, 7) is 7.13. The van der Waals surface area contributed by atoms with Gasteiger partial charge in [0.15, 0.2) is 0 Å². The molecule has 0 fully saturated rings. The van der Waals surface area contributed by atoms with Crippen LogP contribution in [0.3, 0.4) is 0 Å². The van der Waals surface area contributed by atoms with Crippen molar-refractivity contribution in [3.63, 3.8) is 0 Å². The van der Waals surface area contributed by atoms with Crippen molar-refractivity contribution in [1.29, 1.82) is 0 Å². The second-order valence-electron chi connectivity index (χ2n) is 2.08. The highest BCUT2D eigenvalue weighted by Crippen LogP contribution is 2.05. The molecule has 1 radical (unpaired) electrons. The minimum Gasteiger partial charge on any atom is -0.392 e. The number of hydrogen-bond acceptors (Lipinski definition) is 1. The predicted molar refractivity (Wildman–Crippen MR) is 38.6 cm³/mol. The molecule has 2 atom stereocenters. The Hall–Kier alpha value is -0.480. The molecule has 51 valence electrons. The molecule has 0 aromatic rings. The zero-order valence-electron chi connectivity index (χ0n) is 6.02. The summed E-state index contributed by atoms with van der Waals surface area (Å²) in [5.41, 5.74) is 0. The maximum absolute atomic E-state index is 9.01. The van der Waals surface area contributed by atoms with Gasteiger partial charge in [-0.2, -0.15) is 0 Å². The van der Waals surface area contributed by atoms with Crippen LogP contribution in [0, 0.1) is 24.7 Å². The fourth-order valence-corrected chi connectivity index (χ4v) is 0.695. The van der Waals surface area contributed by atoms with Crippen molar-refractivity contribution >= 4 is 0 Å². The van der Waals surface area contributed by atoms with E-state index < -0.39 is 0 Å². The molecule has 0 rings (SSSR count). The van der Waals surface area contributed by atoms with Crippen LogP contribution in [0.5, 0.6) is 0 Å². The quantitative estimate of drug-likeness (QED) is 0.550. The normalized spacial score (nSPS) is 15.6. The van der Waals surface area contributed by atoms with Crippen LogP contribution in [0.1, 0.15) is 20.3 Å². The maximum atomic E-state index is 9.01. The first-order valence-electron chi connectivity index (χ1n) is 3.18. The molecule has 1 heteroatoms. The minimum atomic E-state index is -0.329. The molecule has 2 unspecified atom stereocenters. The maximum Gasteiger partial charge on any atom is 0.0649 e. The van der Waals surface area contributed by atoms with Crippen molar-refractivity contribution in [2.24, 2.45) is 5.92 Å². The average molecular weight is 125 g/mol. The molecule has 0 aromatic heterocycles. The Kier molecular flexibility index (Phi) is 4.17. The van der Waals surface area contributed by atoms with E-state index in [2.05, 4.69) is 18.8 Å². The SMILES string of the molecule is [CH2]C#CC(CC)C(C)O. The Labute approximate surface area is 57.1 Å². The van der Waals surface area contributed by atoms with E-state index in [9.17, 15) is 0 Å². The van der Waals surface area contributed by atoms with E-state index in [4.69, 9.17) is 5.11 Å². The summed E-state index contributed by atoms with van der Waals surface area (Å²) in [5.74, 6) is 5.46. The third kappa shape index (κ3) is 3.16. The first-order valence-corrected chi connectivity index (χ1v) is 3.18. The first-order chi connectivity index (χ1) is 4.22. The van der Waals surface area contributed by atoms with Crippen LogP contribution in [0.2, 0.25) is 0 Å². The Morgan fingerprint density at radius 2 is 2.22 bits per heavy atom. The standard InChI is InChI=1S/C8H13O/c1-4-6-8(5-2)7(3)9/h7-9H,1,5H2,2-3H3. The lowest BCUT2D eigenvalue weighted by atomic mass is 10.0. The van der Waals surface area contributed by atoms with E-state index in [1.165, 1.54) is 0 Å². The Balaban J connectivity index is 3.78. The van der Waals surface area contributed by atoms with E-state index in [-0.39, 0.29) is 12.0 Å². The van der Waals surface area contributed by atoms with Crippen molar-refractivity contribution in [3.05, 3.63) is 6.92 Å². The Morgan fingerprint density at radius 1 is 1.67 bits per heavy atom. The summed E-state index contributed by atoms with van der Waals surface area (Å²) in [7, 11) is 0. The topological polar surface area (TPSA) is 20.2 Å². The fourth-order valence-electron chi connectivity index (χ4n) is 0.695. The largest absolute Gasteiger partial charge is 0.392 e. The van der Waals surface area contributed by atoms with Gasteiger partial charge in [0.25, 0.3) is 0 Å². The summed E-state index contributed by atoms with van der Waals surface area (Å²) in [5, 5.41) is 9.01. The second kappa shape index (κ2) is 4.40. The molecule has 0 aliphatic rings. The lowest BCUT2D eigenvalue weighted by Crippen LogP contribution is -2.13. The van der Waals surface area contributed by atoms with Gasteiger partial charge in [0.2, 0.25) is 0 Å². The molecule has 1 nitrogen and oxygen atoms in total. The summed E-state index contributed by atoms with van der Waals surface area (Å²) in [6, 6.07) is 0. The fraction of sp³-hybridized carbons (Fsp3) is 0.625. The van der Waals surface area contributed by atoms with E-state index in [0.717, 1.165) is 6.42 Å². The molecule has 0 heterocycles. The van der Waals surface area contributed by atoms with Gasteiger partial charge in [-0.15, -0.1) is 5.92 Å². The molecule has 0 bridgehead atoms. The molecule has 0 saturated carbocycles. The van der Waals surface area contributed by atoms with Gasteiger partial charge in [0.1, 0.15) is 0 Å². The average Bonchev–Trinajstić information content (AvgIpc) is 1.82. The van der Waals surface area contributed by atoms with Gasteiger partial charge in [-0.25, -0.2) is 0 Å². The predicted octanol–water partition coefficient (Wildman–Crippen LogP) is 1.23. The molecule has 1 N–H and O–H groups in total. The first kappa shape index (κ1) is 8.52. The van der Waals surface area contributed by atoms with Crippen LogP contribution >= 0.6 is 0 Å². The minimum absolute atomic E-state index is 0.0995. The van der Waals surface area contributed by atoms with Crippen molar-refractivity contribution in [2.45, 2.75) is 26.4 Å². The highest BCUT2D eigenvalue weighted by Gasteiger charge is 2.07. The van der Waals surface area contributed by atoms with Crippen LogP contribution < -0.4 is 0 Å². The van der Waals surface area contributed by atoms with E-state index in [1.807, 2.05) is 6.92 Å². The number of aliphatic hydroxyl groups excluding tert-OH is 1. The highest BCUT2D eigenvalue weighted by molar-refractivity contribution is 5.06. The molecule has 0 saturated heterocycles. The van der Waals surface area contributed by atoms with Crippen LogP contribution in [-0.2, 0) is 0 Å². The third-order valence-corrected chi connectivity index (χ3v) is 1.31. The van der Waals surface area contributed by atoms with E-state index >= 15 is 0 Å². The Bertz CT molecular complexity index is 116. The van der Waals surface area contributed by atoms with Crippen molar-refractivity contribution < 1.29 is 5.11 Å². The van der Waals surface area contributed by atoms with Gasteiger partial charge in [-0.1, -0.05) is 12.8 Å². The summed E-state index contributed by atoms with van der Waals surface area (Å²) in [6.07, 6.45) is 0.560. The van der Waals surface area contributed by atoms with Gasteiger partial charge < -0.3 is 5.11 Å². The lowest BCUT2D eigenvalue weighted by molar-refractivity contribution is 0.151. The molecule has 0 amide bonds. The molecule has 9 heavy (non-hydrogen) atoms. The molecule has 0 aromatic carbocycles. The smallest absolute Gasteiger partial charge is 0.0649 e.